The zero-order chi connectivity index (χ0) is 22.4. The van der Waals surface area contributed by atoms with E-state index in [4.69, 9.17) is 4.74 Å². The summed E-state index contributed by atoms with van der Waals surface area (Å²) in [6, 6.07) is 8.77. The monoisotopic (exact) mass is 452 g/mol. The second-order valence-electron chi connectivity index (χ2n) is 7.42. The number of hydrogen-bond donors (Lipinski definition) is 1. The van der Waals surface area contributed by atoms with Crippen molar-refractivity contribution in [1.29, 1.82) is 0 Å². The van der Waals surface area contributed by atoms with Gasteiger partial charge in [-0.1, -0.05) is 19.3 Å². The fourth-order valence-electron chi connectivity index (χ4n) is 3.71. The molecule has 0 aromatic heterocycles. The van der Waals surface area contributed by atoms with Crippen LogP contribution in [0.5, 0.6) is 5.75 Å². The molecule has 1 N–H and O–H groups in total. The van der Waals surface area contributed by atoms with Crippen molar-refractivity contribution >= 4 is 21.6 Å². The van der Waals surface area contributed by atoms with Crippen molar-refractivity contribution in [2.45, 2.75) is 50.0 Å². The van der Waals surface area contributed by atoms with Crippen LogP contribution < -0.4 is 10.1 Å². The first kappa shape index (κ1) is 23.1. The minimum atomic E-state index is -3.95. The first-order valence-corrected chi connectivity index (χ1v) is 11.7. The van der Waals surface area contributed by atoms with Gasteiger partial charge in [0.1, 0.15) is 5.75 Å². The van der Waals surface area contributed by atoms with Crippen LogP contribution in [0, 0.1) is 11.6 Å². The quantitative estimate of drug-likeness (QED) is 0.647. The molecule has 0 saturated heterocycles. The maximum absolute atomic E-state index is 13.4. The van der Waals surface area contributed by atoms with Gasteiger partial charge < -0.3 is 10.1 Å². The lowest BCUT2D eigenvalue weighted by Crippen LogP contribution is -2.45. The maximum atomic E-state index is 13.4. The molecular formula is C22H26F2N2O4S. The Hall–Kier alpha value is -2.52. The molecule has 0 atom stereocenters. The maximum Gasteiger partial charge on any atom is 0.243 e. The van der Waals surface area contributed by atoms with Crippen LogP contribution in [-0.4, -0.2) is 37.8 Å². The summed E-state index contributed by atoms with van der Waals surface area (Å²) in [5.74, 6) is -2.18. The van der Waals surface area contributed by atoms with Gasteiger partial charge in [-0.3, -0.25) is 4.79 Å². The van der Waals surface area contributed by atoms with E-state index < -0.39 is 34.1 Å². The van der Waals surface area contributed by atoms with E-state index in [9.17, 15) is 22.0 Å². The second kappa shape index (κ2) is 10.2. The average Bonchev–Trinajstić information content (AvgIpc) is 2.76. The molecule has 6 nitrogen and oxygen atoms in total. The lowest BCUT2D eigenvalue weighted by atomic mass is 9.95. The van der Waals surface area contributed by atoms with E-state index in [-0.39, 0.29) is 16.6 Å². The molecule has 1 aliphatic carbocycles. The molecule has 0 spiro atoms. The van der Waals surface area contributed by atoms with Gasteiger partial charge in [0.25, 0.3) is 0 Å². The van der Waals surface area contributed by atoms with Crippen molar-refractivity contribution in [2.75, 3.05) is 18.5 Å². The summed E-state index contributed by atoms with van der Waals surface area (Å²) < 4.78 is 59.9. The van der Waals surface area contributed by atoms with Gasteiger partial charge >= 0.3 is 0 Å². The van der Waals surface area contributed by atoms with Gasteiger partial charge in [0.05, 0.1) is 18.0 Å². The van der Waals surface area contributed by atoms with E-state index in [1.165, 1.54) is 22.5 Å². The molecule has 168 valence electrons. The van der Waals surface area contributed by atoms with Crippen LogP contribution in [0.25, 0.3) is 0 Å². The standard InChI is InChI=1S/C22H26F2N2O4S/c1-2-30-18-9-11-19(12-10-18)31(28,29)26(17-6-4-3-5-7-17)15-22(27)25-16-8-13-20(23)21(24)14-16/h8-14,17H,2-7,15H2,1H3,(H,25,27). The topological polar surface area (TPSA) is 75.7 Å². The van der Waals surface area contributed by atoms with Gasteiger partial charge in [0.15, 0.2) is 11.6 Å². The molecule has 0 heterocycles. The average molecular weight is 453 g/mol. The minimum absolute atomic E-state index is 0.0611. The molecule has 0 aliphatic heterocycles. The van der Waals surface area contributed by atoms with Crippen molar-refractivity contribution in [3.63, 3.8) is 0 Å². The Balaban J connectivity index is 1.83. The first-order chi connectivity index (χ1) is 14.8. The third kappa shape index (κ3) is 5.80. The highest BCUT2D eigenvalue weighted by Gasteiger charge is 2.34. The van der Waals surface area contributed by atoms with Crippen LogP contribution in [0.15, 0.2) is 47.4 Å². The van der Waals surface area contributed by atoms with Crippen LogP contribution in [-0.2, 0) is 14.8 Å². The molecule has 31 heavy (non-hydrogen) atoms. The summed E-state index contributed by atoms with van der Waals surface area (Å²) in [7, 11) is -3.95. The summed E-state index contributed by atoms with van der Waals surface area (Å²) in [6.07, 6.45) is 4.10. The number of hydrogen-bond acceptors (Lipinski definition) is 4. The second-order valence-corrected chi connectivity index (χ2v) is 9.31. The number of nitrogens with zero attached hydrogens (tertiary/aromatic N) is 1. The molecule has 2 aromatic carbocycles. The van der Waals surface area contributed by atoms with Crippen molar-refractivity contribution in [3.05, 3.63) is 54.1 Å². The number of halogens is 2. The van der Waals surface area contributed by atoms with Gasteiger partial charge in [-0.25, -0.2) is 17.2 Å². The molecule has 1 amide bonds. The number of rotatable bonds is 8. The Kier molecular flexibility index (Phi) is 7.61. The zero-order valence-corrected chi connectivity index (χ0v) is 18.1. The normalized spacial score (nSPS) is 15.1. The van der Waals surface area contributed by atoms with Crippen molar-refractivity contribution in [1.82, 2.24) is 4.31 Å². The molecule has 0 bridgehead atoms. The van der Waals surface area contributed by atoms with Gasteiger partial charge in [0, 0.05) is 17.8 Å². The first-order valence-electron chi connectivity index (χ1n) is 10.3. The number of ether oxygens (including phenoxy) is 1. The molecule has 1 fully saturated rings. The van der Waals surface area contributed by atoms with Crippen molar-refractivity contribution in [3.8, 4) is 5.75 Å². The third-order valence-electron chi connectivity index (χ3n) is 5.23. The molecule has 2 aromatic rings. The molecule has 1 saturated carbocycles. The summed E-state index contributed by atoms with van der Waals surface area (Å²) in [5, 5.41) is 2.46. The van der Waals surface area contributed by atoms with Crippen LogP contribution >= 0.6 is 0 Å². The summed E-state index contributed by atoms with van der Waals surface area (Å²) in [5.41, 5.74) is 0.0611. The van der Waals surface area contributed by atoms with Crippen LogP contribution in [0.2, 0.25) is 0 Å². The molecule has 3 rings (SSSR count). The number of benzene rings is 2. The van der Waals surface area contributed by atoms with E-state index in [2.05, 4.69) is 5.32 Å². The van der Waals surface area contributed by atoms with Crippen molar-refractivity contribution in [2.24, 2.45) is 0 Å². The van der Waals surface area contributed by atoms with E-state index in [0.29, 0.717) is 25.2 Å². The zero-order valence-electron chi connectivity index (χ0n) is 17.3. The Labute approximate surface area is 181 Å². The molecular weight excluding hydrogens is 426 g/mol. The number of nitrogens with one attached hydrogen (secondary N) is 1. The molecule has 1 aliphatic rings. The summed E-state index contributed by atoms with van der Waals surface area (Å²) in [6.45, 7) is 1.88. The number of carbonyl (C=O) groups is 1. The molecule has 0 radical (unpaired) electrons. The van der Waals surface area contributed by atoms with Gasteiger partial charge in [-0.05, 0) is 56.2 Å². The van der Waals surface area contributed by atoms with E-state index >= 15 is 0 Å². The molecule has 9 heteroatoms. The largest absolute Gasteiger partial charge is 0.494 e. The lowest BCUT2D eigenvalue weighted by molar-refractivity contribution is -0.116. The summed E-state index contributed by atoms with van der Waals surface area (Å²) in [4.78, 5) is 12.7. The van der Waals surface area contributed by atoms with Gasteiger partial charge in [0.2, 0.25) is 15.9 Å². The Morgan fingerprint density at radius 1 is 1.06 bits per heavy atom. The minimum Gasteiger partial charge on any atom is -0.494 e. The Morgan fingerprint density at radius 3 is 2.35 bits per heavy atom. The highest BCUT2D eigenvalue weighted by Crippen LogP contribution is 2.28. The van der Waals surface area contributed by atoms with Gasteiger partial charge in [-0.2, -0.15) is 4.31 Å². The number of carbonyl (C=O) groups excluding carboxylic acids is 1. The highest BCUT2D eigenvalue weighted by molar-refractivity contribution is 7.89. The van der Waals surface area contributed by atoms with Crippen LogP contribution in [0.1, 0.15) is 39.0 Å². The predicted molar refractivity (Wildman–Crippen MR) is 113 cm³/mol. The smallest absolute Gasteiger partial charge is 0.243 e. The Bertz CT molecular complexity index is 1010. The fraction of sp³-hybridized carbons (Fsp3) is 0.409. The number of sulfonamides is 1. The predicted octanol–water partition coefficient (Wildman–Crippen LogP) is 4.33. The SMILES string of the molecule is CCOc1ccc(S(=O)(=O)N(CC(=O)Nc2ccc(F)c(F)c2)C2CCCCC2)cc1. The van der Waals surface area contributed by atoms with Crippen molar-refractivity contribution < 1.29 is 26.7 Å². The highest BCUT2D eigenvalue weighted by atomic mass is 32.2. The fourth-order valence-corrected chi connectivity index (χ4v) is 5.35. The van der Waals surface area contributed by atoms with E-state index in [0.717, 1.165) is 31.4 Å². The number of anilines is 1. The summed E-state index contributed by atoms with van der Waals surface area (Å²) >= 11 is 0. The van der Waals surface area contributed by atoms with E-state index in [1.807, 2.05) is 6.92 Å². The van der Waals surface area contributed by atoms with Gasteiger partial charge in [-0.15, -0.1) is 0 Å². The lowest BCUT2D eigenvalue weighted by Gasteiger charge is -2.33. The van der Waals surface area contributed by atoms with E-state index in [1.54, 1.807) is 12.1 Å². The van der Waals surface area contributed by atoms with Crippen LogP contribution in [0.4, 0.5) is 14.5 Å². The third-order valence-corrected chi connectivity index (χ3v) is 7.14. The molecule has 0 unspecified atom stereocenters. The van der Waals surface area contributed by atoms with Crippen LogP contribution in [0.3, 0.4) is 0 Å². The number of amides is 1. The Morgan fingerprint density at radius 2 is 1.74 bits per heavy atom.